The van der Waals surface area contributed by atoms with Gasteiger partial charge in [-0.25, -0.2) is 8.78 Å². The number of nitrogens with one attached hydrogen (secondary N) is 2. The molecule has 0 aliphatic carbocycles. The lowest BCUT2D eigenvalue weighted by Crippen LogP contribution is -3.27. The van der Waals surface area contributed by atoms with Crippen LogP contribution in [0.2, 0.25) is 0 Å². The van der Waals surface area contributed by atoms with Crippen molar-refractivity contribution in [3.63, 3.8) is 0 Å². The largest absolute Gasteiger partial charge is 0.322 e. The lowest BCUT2D eigenvalue weighted by atomic mass is 9.93. The molecule has 0 radical (unpaired) electrons. The molecular weight excluding hydrogens is 434 g/mol. The van der Waals surface area contributed by atoms with E-state index < -0.39 is 0 Å². The summed E-state index contributed by atoms with van der Waals surface area (Å²) in [6.45, 7) is 9.85. The molecule has 2 heterocycles. The second kappa shape index (κ2) is 9.57. The number of halogens is 2. The van der Waals surface area contributed by atoms with Crippen molar-refractivity contribution in [2.24, 2.45) is 0 Å². The summed E-state index contributed by atoms with van der Waals surface area (Å²) in [4.78, 5) is 5.50. The number of hydrogen-bond acceptors (Lipinski definition) is 1. The van der Waals surface area contributed by atoms with E-state index in [4.69, 9.17) is 0 Å². The summed E-state index contributed by atoms with van der Waals surface area (Å²) in [5, 5.41) is 0. The summed E-state index contributed by atoms with van der Waals surface area (Å²) in [6, 6.07) is 19.5. The van der Waals surface area contributed by atoms with Gasteiger partial charge >= 0.3 is 0 Å². The molecule has 3 aromatic carbocycles. The third-order valence-electron chi connectivity index (χ3n) is 7.21. The fourth-order valence-electron chi connectivity index (χ4n) is 5.24. The lowest BCUT2D eigenvalue weighted by molar-refractivity contribution is -1.03. The first kappa shape index (κ1) is 22.6. The van der Waals surface area contributed by atoms with Crippen molar-refractivity contribution in [1.82, 2.24) is 0 Å². The van der Waals surface area contributed by atoms with Crippen LogP contribution in [0.15, 0.2) is 70.5 Å². The van der Waals surface area contributed by atoms with Gasteiger partial charge in [0.15, 0.2) is 0 Å². The van der Waals surface area contributed by atoms with E-state index in [0.29, 0.717) is 12.0 Å². The number of hydrogen-bond donors (Lipinski definition) is 2. The van der Waals surface area contributed by atoms with Gasteiger partial charge in [-0.3, -0.25) is 0 Å². The predicted molar refractivity (Wildman–Crippen MR) is 129 cm³/mol. The lowest BCUT2D eigenvalue weighted by Gasteiger charge is -2.35. The minimum atomic E-state index is -0.172. The van der Waals surface area contributed by atoms with Gasteiger partial charge in [-0.2, -0.15) is 0 Å². The van der Waals surface area contributed by atoms with Gasteiger partial charge in [-0.1, -0.05) is 49.9 Å². The topological polar surface area (TPSA) is 8.88 Å². The maximum atomic E-state index is 14.0. The van der Waals surface area contributed by atoms with Gasteiger partial charge in [0.2, 0.25) is 0 Å². The Labute approximate surface area is 199 Å². The minimum absolute atomic E-state index is 0.162. The molecule has 0 unspecified atom stereocenters. The number of fused-ring (bicyclic) bond motifs is 2. The molecule has 33 heavy (non-hydrogen) atoms. The van der Waals surface area contributed by atoms with Gasteiger partial charge in [0.1, 0.15) is 50.4 Å². The van der Waals surface area contributed by atoms with Crippen LogP contribution < -0.4 is 9.80 Å². The molecule has 2 nitrogen and oxygen atoms in total. The molecule has 172 valence electrons. The molecule has 2 aliphatic heterocycles. The van der Waals surface area contributed by atoms with Gasteiger partial charge in [0.25, 0.3) is 0 Å². The van der Waals surface area contributed by atoms with E-state index >= 15 is 0 Å². The first-order valence-electron chi connectivity index (χ1n) is 12.0. The fraction of sp³-hybridized carbons (Fsp3) is 0.357. The van der Waals surface area contributed by atoms with Gasteiger partial charge in [-0.05, 0) is 53.4 Å². The number of quaternary nitrogens is 2. The van der Waals surface area contributed by atoms with Gasteiger partial charge in [0, 0.05) is 27.3 Å². The molecule has 0 aromatic heterocycles. The Hall–Kier alpha value is -2.21. The van der Waals surface area contributed by atoms with Crippen LogP contribution in [0.5, 0.6) is 0 Å². The summed E-state index contributed by atoms with van der Waals surface area (Å²) in [7, 11) is 0. The minimum Gasteiger partial charge on any atom is -0.322 e. The van der Waals surface area contributed by atoms with Crippen LogP contribution in [0.4, 0.5) is 8.78 Å². The summed E-state index contributed by atoms with van der Waals surface area (Å²) >= 11 is 1.72. The maximum Gasteiger partial charge on any atom is 0.128 e. The van der Waals surface area contributed by atoms with Crippen LogP contribution >= 0.6 is 11.8 Å². The van der Waals surface area contributed by atoms with Crippen LogP contribution in [0.1, 0.15) is 48.1 Å². The Kier molecular flexibility index (Phi) is 6.55. The Morgan fingerprint density at radius 2 is 1.58 bits per heavy atom. The van der Waals surface area contributed by atoms with Crippen molar-refractivity contribution in [2.45, 2.75) is 48.6 Å². The van der Waals surface area contributed by atoms with E-state index in [1.807, 2.05) is 18.2 Å². The number of piperazine rings is 1. The zero-order chi connectivity index (χ0) is 22.9. The molecule has 1 fully saturated rings. The monoisotopic (exact) mass is 466 g/mol. The highest BCUT2D eigenvalue weighted by Crippen LogP contribution is 2.41. The van der Waals surface area contributed by atoms with E-state index in [0.717, 1.165) is 44.0 Å². The van der Waals surface area contributed by atoms with Crippen LogP contribution in [0, 0.1) is 11.6 Å². The smallest absolute Gasteiger partial charge is 0.128 e. The predicted octanol–water partition coefficient (Wildman–Crippen LogP) is 3.82. The summed E-state index contributed by atoms with van der Waals surface area (Å²) in [5.74, 6) is 0.148. The van der Waals surface area contributed by atoms with E-state index in [9.17, 15) is 8.78 Å². The summed E-state index contributed by atoms with van der Waals surface area (Å²) < 4.78 is 27.3. The van der Waals surface area contributed by atoms with Crippen molar-refractivity contribution < 1.29 is 18.6 Å². The molecule has 5 rings (SSSR count). The Balaban J connectivity index is 1.39. The first-order valence-corrected chi connectivity index (χ1v) is 12.8. The molecule has 0 amide bonds. The van der Waals surface area contributed by atoms with Gasteiger partial charge < -0.3 is 9.80 Å². The van der Waals surface area contributed by atoms with Gasteiger partial charge in [-0.15, -0.1) is 0 Å². The highest BCUT2D eigenvalue weighted by Gasteiger charge is 2.34. The molecule has 0 bridgehead atoms. The zero-order valence-corrected chi connectivity index (χ0v) is 20.2. The normalized spacial score (nSPS) is 22.5. The van der Waals surface area contributed by atoms with E-state index in [-0.39, 0.29) is 11.6 Å². The SMILES string of the molecule is CC(C)c1ccc2c(c1)[C@H]([NH+]1CC[NH+](Cc3ccc(F)cc3)CC1)Cc1ccc(F)cc1S2. The number of benzene rings is 3. The van der Waals surface area contributed by atoms with E-state index in [2.05, 4.69) is 32.0 Å². The number of rotatable bonds is 4. The molecule has 0 saturated carbocycles. The molecule has 1 saturated heterocycles. The third kappa shape index (κ3) is 5.01. The van der Waals surface area contributed by atoms with Crippen molar-refractivity contribution in [3.8, 4) is 0 Å². The summed E-state index contributed by atoms with van der Waals surface area (Å²) in [5.41, 5.74) is 5.24. The van der Waals surface area contributed by atoms with E-state index in [1.54, 1.807) is 45.8 Å². The van der Waals surface area contributed by atoms with Crippen molar-refractivity contribution in [1.29, 1.82) is 0 Å². The second-order valence-corrected chi connectivity index (χ2v) is 10.9. The molecule has 2 aliphatic rings. The van der Waals surface area contributed by atoms with Crippen molar-refractivity contribution in [3.05, 3.63) is 94.6 Å². The Bertz CT molecular complexity index is 1120. The fourth-order valence-corrected chi connectivity index (χ4v) is 6.38. The third-order valence-corrected chi connectivity index (χ3v) is 8.40. The van der Waals surface area contributed by atoms with Crippen LogP contribution in [0.25, 0.3) is 0 Å². The molecule has 2 N–H and O–H groups in total. The molecule has 1 atom stereocenters. The van der Waals surface area contributed by atoms with Crippen molar-refractivity contribution >= 4 is 11.8 Å². The molecule has 5 heteroatoms. The van der Waals surface area contributed by atoms with E-state index in [1.165, 1.54) is 27.1 Å². The standard InChI is InChI=1S/C28H30F2N2S/c1-19(2)21-6-10-27-25(15-21)26(16-22-5-9-24(30)17-28(22)33-27)32-13-11-31(12-14-32)18-20-3-7-23(29)8-4-20/h3-10,15,17,19,26H,11-14,16,18H2,1-2H3/p+2/t26-/m1/s1. The highest BCUT2D eigenvalue weighted by atomic mass is 32.2. The second-order valence-electron chi connectivity index (χ2n) is 9.77. The Morgan fingerprint density at radius 3 is 2.30 bits per heavy atom. The van der Waals surface area contributed by atoms with Crippen molar-refractivity contribution in [2.75, 3.05) is 26.2 Å². The average Bonchev–Trinajstić information content (AvgIpc) is 2.97. The highest BCUT2D eigenvalue weighted by molar-refractivity contribution is 7.99. The maximum absolute atomic E-state index is 14.0. The first-order chi connectivity index (χ1) is 16.0. The van der Waals surface area contributed by atoms with Crippen LogP contribution in [0.3, 0.4) is 0 Å². The quantitative estimate of drug-likeness (QED) is 0.594. The average molecular weight is 467 g/mol. The zero-order valence-electron chi connectivity index (χ0n) is 19.3. The molecular formula is C28H32F2N2S+2. The molecule has 3 aromatic rings. The van der Waals surface area contributed by atoms with Crippen LogP contribution in [-0.2, 0) is 13.0 Å². The summed E-state index contributed by atoms with van der Waals surface area (Å²) in [6.07, 6.45) is 0.944. The Morgan fingerprint density at radius 1 is 0.848 bits per heavy atom. The molecule has 0 spiro atoms. The van der Waals surface area contributed by atoms with Crippen LogP contribution in [-0.4, -0.2) is 26.2 Å². The van der Waals surface area contributed by atoms with Gasteiger partial charge in [0.05, 0.1) is 0 Å².